The van der Waals surface area contributed by atoms with E-state index < -0.39 is 12.5 Å². The first-order valence-electron chi connectivity index (χ1n) is 8.51. The van der Waals surface area contributed by atoms with Crippen LogP contribution in [-0.2, 0) is 9.59 Å². The molecule has 0 aliphatic carbocycles. The Bertz CT molecular complexity index is 829. The van der Waals surface area contributed by atoms with Gasteiger partial charge in [0.2, 0.25) is 11.8 Å². The lowest BCUT2D eigenvalue weighted by Gasteiger charge is -2.20. The summed E-state index contributed by atoms with van der Waals surface area (Å²) in [5.74, 6) is -0.487. The monoisotopic (exact) mass is 375 g/mol. The van der Waals surface area contributed by atoms with Crippen molar-refractivity contribution in [2.75, 3.05) is 28.6 Å². The van der Waals surface area contributed by atoms with E-state index in [-0.39, 0.29) is 23.9 Å². The second kappa shape index (κ2) is 8.48. The number of rotatable bonds is 7. The third kappa shape index (κ3) is 4.72. The van der Waals surface area contributed by atoms with E-state index in [1.807, 2.05) is 12.1 Å². The molecule has 1 aliphatic heterocycles. The molecule has 27 heavy (non-hydrogen) atoms. The minimum Gasteiger partial charge on any atom is -0.433 e. The smallest absolute Gasteiger partial charge is 0.387 e. The molecular weight excluding hydrogens is 356 g/mol. The number of amides is 2. The summed E-state index contributed by atoms with van der Waals surface area (Å²) in [6.45, 7) is -2.43. The van der Waals surface area contributed by atoms with E-state index in [2.05, 4.69) is 15.4 Å². The van der Waals surface area contributed by atoms with E-state index >= 15 is 0 Å². The summed E-state index contributed by atoms with van der Waals surface area (Å²) in [6, 6.07) is 13.2. The molecule has 0 atom stereocenters. The van der Waals surface area contributed by atoms with E-state index in [4.69, 9.17) is 0 Å². The number of carbonyl (C=O) groups is 2. The molecule has 1 aliphatic rings. The summed E-state index contributed by atoms with van der Waals surface area (Å²) >= 11 is 0. The van der Waals surface area contributed by atoms with E-state index in [9.17, 15) is 18.4 Å². The van der Waals surface area contributed by atoms with Crippen molar-refractivity contribution in [1.29, 1.82) is 0 Å². The Balaban J connectivity index is 1.65. The van der Waals surface area contributed by atoms with Crippen molar-refractivity contribution in [1.82, 2.24) is 0 Å². The van der Waals surface area contributed by atoms with Gasteiger partial charge >= 0.3 is 6.61 Å². The Hall–Kier alpha value is -3.16. The summed E-state index contributed by atoms with van der Waals surface area (Å²) < 4.78 is 29.3. The number of para-hydroxylation sites is 4. The average molecular weight is 375 g/mol. The third-order valence-electron chi connectivity index (χ3n) is 4.08. The van der Waals surface area contributed by atoms with Crippen LogP contribution in [0.3, 0.4) is 0 Å². The number of alkyl halides is 2. The molecule has 0 bridgehead atoms. The zero-order valence-electron chi connectivity index (χ0n) is 14.5. The summed E-state index contributed by atoms with van der Waals surface area (Å²) in [7, 11) is 0. The van der Waals surface area contributed by atoms with Gasteiger partial charge in [0.05, 0.1) is 23.6 Å². The molecule has 0 unspecified atom stereocenters. The molecular formula is C19H19F2N3O3. The molecule has 2 aromatic carbocycles. The first-order valence-corrected chi connectivity index (χ1v) is 8.51. The largest absolute Gasteiger partial charge is 0.433 e. The lowest BCUT2D eigenvalue weighted by atomic mass is 10.2. The number of halogens is 2. The fraction of sp³-hybridized carbons (Fsp3) is 0.263. The first kappa shape index (κ1) is 18.6. The molecule has 1 heterocycles. The summed E-state index contributed by atoms with van der Waals surface area (Å²) in [5, 5.41) is 5.54. The molecule has 8 heteroatoms. The van der Waals surface area contributed by atoms with Crippen molar-refractivity contribution in [3.05, 3.63) is 48.5 Å². The quantitative estimate of drug-likeness (QED) is 0.778. The van der Waals surface area contributed by atoms with Gasteiger partial charge in [-0.3, -0.25) is 9.59 Å². The van der Waals surface area contributed by atoms with Crippen molar-refractivity contribution < 1.29 is 23.1 Å². The van der Waals surface area contributed by atoms with Gasteiger partial charge in [0.1, 0.15) is 5.75 Å². The molecule has 142 valence electrons. The molecule has 1 saturated heterocycles. The molecule has 0 spiro atoms. The van der Waals surface area contributed by atoms with Crippen LogP contribution >= 0.6 is 0 Å². The predicted octanol–water partition coefficient (Wildman–Crippen LogP) is 3.47. The van der Waals surface area contributed by atoms with Gasteiger partial charge < -0.3 is 20.3 Å². The molecule has 0 saturated carbocycles. The summed E-state index contributed by atoms with van der Waals surface area (Å²) in [5.41, 5.74) is 1.53. The van der Waals surface area contributed by atoms with Gasteiger partial charge in [0.15, 0.2) is 0 Å². The molecule has 3 rings (SSSR count). The van der Waals surface area contributed by atoms with Crippen molar-refractivity contribution in [2.24, 2.45) is 0 Å². The minimum atomic E-state index is -2.98. The third-order valence-corrected chi connectivity index (χ3v) is 4.08. The maximum atomic E-state index is 12.5. The highest BCUT2D eigenvalue weighted by molar-refractivity contribution is 5.99. The summed E-state index contributed by atoms with van der Waals surface area (Å²) in [6.07, 6.45) is 1.31. The highest BCUT2D eigenvalue weighted by Gasteiger charge is 2.23. The number of hydrogen-bond acceptors (Lipinski definition) is 4. The number of anilines is 3. The zero-order valence-corrected chi connectivity index (χ0v) is 14.5. The molecule has 6 nitrogen and oxygen atoms in total. The Morgan fingerprint density at radius 1 is 1.11 bits per heavy atom. The van der Waals surface area contributed by atoms with Crippen LogP contribution < -0.4 is 20.3 Å². The molecule has 2 N–H and O–H groups in total. The van der Waals surface area contributed by atoms with Gasteiger partial charge in [-0.15, -0.1) is 0 Å². The molecule has 0 radical (unpaired) electrons. The Morgan fingerprint density at radius 2 is 1.81 bits per heavy atom. The Labute approximate surface area is 155 Å². The number of nitrogens with zero attached hydrogens (tertiary/aromatic N) is 1. The van der Waals surface area contributed by atoms with E-state index in [1.54, 1.807) is 23.1 Å². The number of nitrogens with one attached hydrogen (secondary N) is 2. The highest BCUT2D eigenvalue weighted by atomic mass is 19.3. The minimum absolute atomic E-state index is 0.0479. The van der Waals surface area contributed by atoms with Gasteiger partial charge in [0.25, 0.3) is 0 Å². The summed E-state index contributed by atoms with van der Waals surface area (Å²) in [4.78, 5) is 25.9. The molecule has 2 aromatic rings. The SMILES string of the molecule is O=C(CNc1ccccc1N1CCCC1=O)Nc1ccccc1OC(F)F. The maximum absolute atomic E-state index is 12.5. The first-order chi connectivity index (χ1) is 13.0. The van der Waals surface area contributed by atoms with E-state index in [0.29, 0.717) is 24.3 Å². The number of benzene rings is 2. The van der Waals surface area contributed by atoms with Gasteiger partial charge in [-0.1, -0.05) is 24.3 Å². The van der Waals surface area contributed by atoms with E-state index in [0.717, 1.165) is 6.42 Å². The predicted molar refractivity (Wildman–Crippen MR) is 98.2 cm³/mol. The lowest BCUT2D eigenvalue weighted by molar-refractivity contribution is -0.117. The Morgan fingerprint density at radius 3 is 2.52 bits per heavy atom. The van der Waals surface area contributed by atoms with Crippen molar-refractivity contribution in [3.63, 3.8) is 0 Å². The van der Waals surface area contributed by atoms with Crippen LogP contribution in [0.25, 0.3) is 0 Å². The van der Waals surface area contributed by atoms with Crippen molar-refractivity contribution >= 4 is 28.9 Å². The van der Waals surface area contributed by atoms with E-state index in [1.165, 1.54) is 18.2 Å². The zero-order chi connectivity index (χ0) is 19.2. The highest BCUT2D eigenvalue weighted by Crippen LogP contribution is 2.29. The van der Waals surface area contributed by atoms with Crippen LogP contribution in [0.4, 0.5) is 25.8 Å². The van der Waals surface area contributed by atoms with Gasteiger partial charge in [-0.2, -0.15) is 8.78 Å². The maximum Gasteiger partial charge on any atom is 0.387 e. The average Bonchev–Trinajstić information content (AvgIpc) is 3.07. The number of ether oxygens (including phenoxy) is 1. The van der Waals surface area contributed by atoms with Crippen LogP contribution in [0.5, 0.6) is 5.75 Å². The molecule has 2 amide bonds. The van der Waals surface area contributed by atoms with Crippen LogP contribution in [0.2, 0.25) is 0 Å². The normalized spacial score (nSPS) is 13.7. The van der Waals surface area contributed by atoms with Crippen LogP contribution in [0, 0.1) is 0 Å². The molecule has 0 aromatic heterocycles. The second-order valence-corrected chi connectivity index (χ2v) is 5.94. The van der Waals surface area contributed by atoms with Crippen LogP contribution in [-0.4, -0.2) is 31.5 Å². The van der Waals surface area contributed by atoms with Crippen molar-refractivity contribution in [3.8, 4) is 5.75 Å². The number of carbonyl (C=O) groups excluding carboxylic acids is 2. The second-order valence-electron chi connectivity index (χ2n) is 5.94. The molecule has 1 fully saturated rings. The fourth-order valence-electron chi connectivity index (χ4n) is 2.90. The van der Waals surface area contributed by atoms with Gasteiger partial charge in [0, 0.05) is 13.0 Å². The van der Waals surface area contributed by atoms with Gasteiger partial charge in [-0.05, 0) is 30.7 Å². The van der Waals surface area contributed by atoms with Gasteiger partial charge in [-0.25, -0.2) is 0 Å². The number of hydrogen-bond donors (Lipinski definition) is 2. The van der Waals surface area contributed by atoms with Crippen molar-refractivity contribution in [2.45, 2.75) is 19.5 Å². The standard InChI is InChI=1S/C19H19F2N3O3/c20-19(21)27-16-9-4-2-7-14(16)23-17(25)12-22-13-6-1-3-8-15(13)24-11-5-10-18(24)26/h1-4,6-9,19,22H,5,10-12H2,(H,23,25). The topological polar surface area (TPSA) is 70.7 Å². The lowest BCUT2D eigenvalue weighted by Crippen LogP contribution is -2.26. The van der Waals surface area contributed by atoms with Crippen LogP contribution in [0.15, 0.2) is 48.5 Å². The fourth-order valence-corrected chi connectivity index (χ4v) is 2.90. The Kier molecular flexibility index (Phi) is 5.85. The van der Waals surface area contributed by atoms with Crippen LogP contribution in [0.1, 0.15) is 12.8 Å².